The van der Waals surface area contributed by atoms with E-state index >= 15 is 0 Å². The van der Waals surface area contributed by atoms with Gasteiger partial charge in [0.25, 0.3) is 12.3 Å². The molecule has 2 aliphatic heterocycles. The molecule has 13 heteroatoms. The van der Waals surface area contributed by atoms with E-state index in [1.165, 1.54) is 18.2 Å². The van der Waals surface area contributed by atoms with Crippen LogP contribution in [0, 0.1) is 11.7 Å². The van der Waals surface area contributed by atoms with Crippen LogP contribution >= 0.6 is 11.6 Å². The van der Waals surface area contributed by atoms with Crippen molar-refractivity contribution in [3.8, 4) is 0 Å². The monoisotopic (exact) mass is 599 g/mol. The van der Waals surface area contributed by atoms with Crippen LogP contribution in [0.15, 0.2) is 42.9 Å². The summed E-state index contributed by atoms with van der Waals surface area (Å²) in [5.41, 5.74) is -0.218. The summed E-state index contributed by atoms with van der Waals surface area (Å²) >= 11 is 5.90. The Morgan fingerprint density at radius 3 is 2.57 bits per heavy atom. The fraction of sp³-hybridized carbons (Fsp3) is 0.414. The van der Waals surface area contributed by atoms with Gasteiger partial charge in [0, 0.05) is 51.3 Å². The van der Waals surface area contributed by atoms with Gasteiger partial charge in [-0.3, -0.25) is 14.6 Å². The third-order valence-electron chi connectivity index (χ3n) is 8.52. The summed E-state index contributed by atoms with van der Waals surface area (Å²) in [4.78, 5) is 42.8. The van der Waals surface area contributed by atoms with Crippen LogP contribution in [-0.2, 0) is 10.2 Å². The third-order valence-corrected chi connectivity index (χ3v) is 8.72. The molecule has 0 atom stereocenters. The number of fused-ring (bicyclic) bond motifs is 2. The number of benzene rings is 1. The Bertz CT molecular complexity index is 1530. The molecule has 0 unspecified atom stereocenters. The Hall–Kier alpha value is -3.93. The number of rotatable bonds is 7. The molecule has 220 valence electrons. The molecule has 2 fully saturated rings. The number of amides is 2. The van der Waals surface area contributed by atoms with Crippen LogP contribution in [0.3, 0.4) is 0 Å². The smallest absolute Gasteiger partial charge is 0.281 e. The zero-order valence-electron chi connectivity index (χ0n) is 22.8. The predicted molar refractivity (Wildman–Crippen MR) is 152 cm³/mol. The van der Waals surface area contributed by atoms with Crippen LogP contribution in [-0.4, -0.2) is 59.5 Å². The number of nitrogens with zero attached hydrogens (tertiary/aromatic N) is 5. The maximum atomic E-state index is 14.4. The Kier molecular flexibility index (Phi) is 7.42. The highest BCUT2D eigenvalue weighted by molar-refractivity contribution is 6.30. The number of nitrogens with one attached hydrogen (secondary N) is 2. The number of alkyl halides is 2. The number of aromatic nitrogens is 3. The number of hydrogen-bond donors (Lipinski definition) is 2. The lowest BCUT2D eigenvalue weighted by molar-refractivity contribution is -0.124. The summed E-state index contributed by atoms with van der Waals surface area (Å²) in [7, 11) is 1.76. The summed E-state index contributed by atoms with van der Waals surface area (Å²) in [5, 5.41) is 5.98. The number of pyridine rings is 1. The zero-order chi connectivity index (χ0) is 29.6. The van der Waals surface area contributed by atoms with Crippen molar-refractivity contribution in [2.45, 2.75) is 43.6 Å². The molecule has 1 saturated heterocycles. The standard InChI is InChI=1S/C29H29ClF3N7O2/c1-34-25-26(36-9-8-35-25)39-14-29(15-39)21-7-4-18(31)11-22(21)40(28(29)42)13-16-2-5-19(6-3-16)38-27(41)20-10-17(30)12-37-23(20)24(32)33/h4,7-12,16,19,24H,2-3,5-6,13-15H2,1H3,(H,34,35)(H,38,41). The normalized spacial score (nSPS) is 21.0. The van der Waals surface area contributed by atoms with Gasteiger partial charge in [0.05, 0.1) is 16.3 Å². The molecule has 9 nitrogen and oxygen atoms in total. The first kappa shape index (κ1) is 28.2. The van der Waals surface area contributed by atoms with E-state index in [4.69, 9.17) is 11.6 Å². The van der Waals surface area contributed by atoms with Gasteiger partial charge in [-0.2, -0.15) is 0 Å². The Morgan fingerprint density at radius 1 is 1.12 bits per heavy atom. The first-order valence-corrected chi connectivity index (χ1v) is 14.2. The van der Waals surface area contributed by atoms with E-state index in [2.05, 4.69) is 25.6 Å². The Morgan fingerprint density at radius 2 is 1.86 bits per heavy atom. The Labute approximate surface area is 245 Å². The molecule has 0 bridgehead atoms. The van der Waals surface area contributed by atoms with Crippen LogP contribution in [0.2, 0.25) is 5.02 Å². The van der Waals surface area contributed by atoms with Crippen molar-refractivity contribution in [1.82, 2.24) is 20.3 Å². The van der Waals surface area contributed by atoms with Crippen LogP contribution < -0.4 is 20.4 Å². The molecule has 1 saturated carbocycles. The van der Waals surface area contributed by atoms with Crippen molar-refractivity contribution in [1.29, 1.82) is 0 Å². The van der Waals surface area contributed by atoms with E-state index in [1.54, 1.807) is 30.4 Å². The van der Waals surface area contributed by atoms with E-state index in [0.717, 1.165) is 11.8 Å². The average molecular weight is 600 g/mol. The first-order valence-electron chi connectivity index (χ1n) is 13.8. The molecular weight excluding hydrogens is 571 g/mol. The summed E-state index contributed by atoms with van der Waals surface area (Å²) in [6, 6.07) is 5.52. The maximum Gasteiger partial charge on any atom is 0.281 e. The van der Waals surface area contributed by atoms with Gasteiger partial charge in [-0.25, -0.2) is 23.1 Å². The number of carbonyl (C=O) groups is 2. The molecule has 2 aromatic heterocycles. The molecule has 6 rings (SSSR count). The summed E-state index contributed by atoms with van der Waals surface area (Å²) in [5.74, 6) is 0.313. The molecule has 42 heavy (non-hydrogen) atoms. The number of anilines is 3. The fourth-order valence-corrected chi connectivity index (χ4v) is 6.57. The molecule has 3 aromatic rings. The molecule has 2 N–H and O–H groups in total. The largest absolute Gasteiger partial charge is 0.370 e. The third kappa shape index (κ3) is 4.91. The molecule has 1 aliphatic carbocycles. The molecular formula is C29H29ClF3N7O2. The average Bonchev–Trinajstić information content (AvgIpc) is 3.19. The van der Waals surface area contributed by atoms with E-state index < -0.39 is 29.3 Å². The van der Waals surface area contributed by atoms with Gasteiger partial charge in [0.2, 0.25) is 5.91 Å². The summed E-state index contributed by atoms with van der Waals surface area (Å²) in [6.45, 7) is 1.25. The van der Waals surface area contributed by atoms with Crippen molar-refractivity contribution >= 4 is 40.7 Å². The molecule has 0 radical (unpaired) electrons. The highest BCUT2D eigenvalue weighted by Gasteiger charge is 2.59. The Balaban J connectivity index is 1.12. The van der Waals surface area contributed by atoms with Crippen LogP contribution in [0.5, 0.6) is 0 Å². The summed E-state index contributed by atoms with van der Waals surface area (Å²) < 4.78 is 41.2. The number of hydrogen-bond acceptors (Lipinski definition) is 7. The highest BCUT2D eigenvalue weighted by Crippen LogP contribution is 2.49. The minimum Gasteiger partial charge on any atom is -0.370 e. The van der Waals surface area contributed by atoms with E-state index in [9.17, 15) is 22.8 Å². The van der Waals surface area contributed by atoms with Gasteiger partial charge in [-0.15, -0.1) is 0 Å². The highest BCUT2D eigenvalue weighted by atomic mass is 35.5. The van der Waals surface area contributed by atoms with Crippen LogP contribution in [0.1, 0.15) is 53.7 Å². The number of carbonyl (C=O) groups excluding carboxylic acids is 2. The van der Waals surface area contributed by atoms with Gasteiger partial charge in [-0.1, -0.05) is 17.7 Å². The van der Waals surface area contributed by atoms with E-state index in [0.29, 0.717) is 62.6 Å². The lowest BCUT2D eigenvalue weighted by atomic mass is 9.74. The van der Waals surface area contributed by atoms with Crippen LogP contribution in [0.25, 0.3) is 0 Å². The van der Waals surface area contributed by atoms with Gasteiger partial charge in [-0.05, 0) is 55.4 Å². The summed E-state index contributed by atoms with van der Waals surface area (Å²) in [6.07, 6.45) is 4.04. The molecule has 1 spiro atoms. The lowest BCUT2D eigenvalue weighted by Gasteiger charge is -2.47. The van der Waals surface area contributed by atoms with Crippen molar-refractivity contribution < 1.29 is 22.8 Å². The molecule has 4 heterocycles. The second-order valence-corrected chi connectivity index (χ2v) is 11.5. The quantitative estimate of drug-likeness (QED) is 0.404. The lowest BCUT2D eigenvalue weighted by Crippen LogP contribution is -2.64. The second kappa shape index (κ2) is 11.0. The minimum absolute atomic E-state index is 0.0577. The zero-order valence-corrected chi connectivity index (χ0v) is 23.5. The predicted octanol–water partition coefficient (Wildman–Crippen LogP) is 4.74. The molecule has 3 aliphatic rings. The van der Waals surface area contributed by atoms with Gasteiger partial charge < -0.3 is 20.4 Å². The van der Waals surface area contributed by atoms with Crippen LogP contribution in [0.4, 0.5) is 30.5 Å². The molecule has 1 aromatic carbocycles. The fourth-order valence-electron chi connectivity index (χ4n) is 6.41. The minimum atomic E-state index is -2.90. The topological polar surface area (TPSA) is 103 Å². The van der Waals surface area contributed by atoms with E-state index in [1.807, 2.05) is 4.90 Å². The van der Waals surface area contributed by atoms with Gasteiger partial charge in [0.15, 0.2) is 11.6 Å². The van der Waals surface area contributed by atoms with Gasteiger partial charge in [0.1, 0.15) is 16.9 Å². The molecule has 2 amide bonds. The van der Waals surface area contributed by atoms with Crippen molar-refractivity contribution in [2.24, 2.45) is 5.92 Å². The van der Waals surface area contributed by atoms with Crippen molar-refractivity contribution in [2.75, 3.05) is 41.8 Å². The van der Waals surface area contributed by atoms with Crippen molar-refractivity contribution in [3.63, 3.8) is 0 Å². The second-order valence-electron chi connectivity index (χ2n) is 11.1. The SMILES string of the molecule is CNc1nccnc1N1CC2(C1)C(=O)N(CC1CCC(NC(=O)c3cc(Cl)cnc3C(F)F)CC1)c1cc(F)ccc12. The van der Waals surface area contributed by atoms with Crippen molar-refractivity contribution in [3.05, 3.63) is 70.5 Å². The van der Waals surface area contributed by atoms with E-state index in [-0.39, 0.29) is 28.5 Å². The maximum absolute atomic E-state index is 14.4. The first-order chi connectivity index (χ1) is 20.2. The number of halogens is 4. The van der Waals surface area contributed by atoms with Gasteiger partial charge >= 0.3 is 0 Å².